The number of hydrogen-bond acceptors (Lipinski definition) is 3. The Morgan fingerprint density at radius 1 is 1.08 bits per heavy atom. The van der Waals surface area contributed by atoms with Crippen molar-refractivity contribution in [1.82, 2.24) is 4.72 Å². The van der Waals surface area contributed by atoms with Gasteiger partial charge in [0.25, 0.3) is 0 Å². The lowest BCUT2D eigenvalue weighted by atomic mass is 10.1. The van der Waals surface area contributed by atoms with Gasteiger partial charge in [-0.25, -0.2) is 13.1 Å². The van der Waals surface area contributed by atoms with Crippen LogP contribution in [0.4, 0.5) is 5.69 Å². The molecular weight excluding hydrogens is 348 g/mol. The summed E-state index contributed by atoms with van der Waals surface area (Å²) in [4.78, 5) is 11.2. The van der Waals surface area contributed by atoms with Gasteiger partial charge in [-0.1, -0.05) is 30.7 Å². The quantitative estimate of drug-likeness (QED) is 0.817. The lowest BCUT2D eigenvalue weighted by Gasteiger charge is -2.18. The summed E-state index contributed by atoms with van der Waals surface area (Å²) in [7, 11) is -3.67. The summed E-state index contributed by atoms with van der Waals surface area (Å²) in [6.45, 7) is 3.30. The third kappa shape index (κ3) is 4.80. The second kappa shape index (κ2) is 7.79. The van der Waals surface area contributed by atoms with Crippen LogP contribution in [0.25, 0.3) is 0 Å². The average Bonchev–Trinajstić information content (AvgIpc) is 2.53. The van der Waals surface area contributed by atoms with E-state index in [-0.39, 0.29) is 16.8 Å². The molecule has 0 radical (unpaired) electrons. The van der Waals surface area contributed by atoms with Gasteiger partial charge in [-0.05, 0) is 48.4 Å². The van der Waals surface area contributed by atoms with E-state index in [1.807, 2.05) is 6.92 Å². The highest BCUT2D eigenvalue weighted by atomic mass is 35.5. The maximum Gasteiger partial charge on any atom is 0.241 e. The number of nitrogens with one attached hydrogen (secondary N) is 2. The molecule has 1 unspecified atom stereocenters. The highest BCUT2D eigenvalue weighted by molar-refractivity contribution is 7.89. The second-order valence-electron chi connectivity index (χ2n) is 5.34. The Morgan fingerprint density at radius 3 is 2.17 bits per heavy atom. The number of benzene rings is 2. The van der Waals surface area contributed by atoms with E-state index in [4.69, 9.17) is 11.6 Å². The molecule has 0 aromatic heterocycles. The Kier molecular flexibility index (Phi) is 5.99. The molecule has 2 aromatic rings. The molecule has 2 N–H and O–H groups in total. The minimum absolute atomic E-state index is 0.143. The number of rotatable bonds is 6. The highest BCUT2D eigenvalue weighted by Crippen LogP contribution is 2.22. The van der Waals surface area contributed by atoms with Crippen molar-refractivity contribution in [3.05, 3.63) is 59.1 Å². The first-order chi connectivity index (χ1) is 11.3. The molecule has 0 aliphatic heterocycles. The molecule has 2 rings (SSSR count). The molecule has 1 atom stereocenters. The van der Waals surface area contributed by atoms with Crippen LogP contribution in [0.2, 0.25) is 5.02 Å². The molecule has 0 fully saturated rings. The van der Waals surface area contributed by atoms with E-state index in [0.717, 1.165) is 5.56 Å². The fourth-order valence-corrected chi connectivity index (χ4v) is 3.69. The van der Waals surface area contributed by atoms with Gasteiger partial charge in [0.1, 0.15) is 0 Å². The maximum atomic E-state index is 12.6. The zero-order valence-electron chi connectivity index (χ0n) is 13.4. The Balaban J connectivity index is 2.19. The van der Waals surface area contributed by atoms with Crippen LogP contribution in [-0.4, -0.2) is 14.3 Å². The van der Waals surface area contributed by atoms with Crippen LogP contribution in [0.5, 0.6) is 0 Å². The van der Waals surface area contributed by atoms with Crippen molar-refractivity contribution in [2.24, 2.45) is 0 Å². The number of amides is 1. The normalized spacial score (nSPS) is 12.6. The van der Waals surface area contributed by atoms with Crippen LogP contribution in [0.1, 0.15) is 31.9 Å². The molecule has 0 saturated carbocycles. The van der Waals surface area contributed by atoms with E-state index < -0.39 is 10.0 Å². The van der Waals surface area contributed by atoms with E-state index in [1.165, 1.54) is 19.1 Å². The zero-order valence-corrected chi connectivity index (χ0v) is 15.0. The Bertz CT molecular complexity index is 803. The van der Waals surface area contributed by atoms with Crippen LogP contribution in [0.15, 0.2) is 53.4 Å². The molecule has 2 aromatic carbocycles. The molecule has 0 heterocycles. The summed E-state index contributed by atoms with van der Waals surface area (Å²) in [6, 6.07) is 12.8. The van der Waals surface area contributed by atoms with Crippen LogP contribution < -0.4 is 10.0 Å². The minimum Gasteiger partial charge on any atom is -0.326 e. The summed E-state index contributed by atoms with van der Waals surface area (Å²) in [5.41, 5.74) is 1.39. The largest absolute Gasteiger partial charge is 0.326 e. The lowest BCUT2D eigenvalue weighted by Crippen LogP contribution is -2.28. The van der Waals surface area contributed by atoms with Crippen LogP contribution in [0.3, 0.4) is 0 Å². The van der Waals surface area contributed by atoms with E-state index in [1.54, 1.807) is 36.4 Å². The summed E-state index contributed by atoms with van der Waals surface area (Å²) in [5, 5.41) is 3.20. The topological polar surface area (TPSA) is 75.3 Å². The van der Waals surface area contributed by atoms with Gasteiger partial charge in [0.05, 0.1) is 4.90 Å². The van der Waals surface area contributed by atoms with Crippen molar-refractivity contribution < 1.29 is 13.2 Å². The Morgan fingerprint density at radius 2 is 1.67 bits per heavy atom. The van der Waals surface area contributed by atoms with Crippen molar-refractivity contribution in [2.75, 3.05) is 5.32 Å². The van der Waals surface area contributed by atoms with Gasteiger partial charge in [-0.3, -0.25) is 4.79 Å². The smallest absolute Gasteiger partial charge is 0.241 e. The SMILES string of the molecule is CCC(NS(=O)(=O)c1ccc(NC(C)=O)cc1)c1ccc(Cl)cc1. The van der Waals surface area contributed by atoms with Crippen LogP contribution in [0, 0.1) is 0 Å². The van der Waals surface area contributed by atoms with Crippen molar-refractivity contribution in [1.29, 1.82) is 0 Å². The molecule has 24 heavy (non-hydrogen) atoms. The Hall–Kier alpha value is -1.89. The van der Waals surface area contributed by atoms with Gasteiger partial charge < -0.3 is 5.32 Å². The standard InChI is InChI=1S/C17H19ClN2O3S/c1-3-17(13-4-6-14(18)7-5-13)20-24(22,23)16-10-8-15(9-11-16)19-12(2)21/h4-11,17,20H,3H2,1-2H3,(H,19,21). The maximum absolute atomic E-state index is 12.6. The monoisotopic (exact) mass is 366 g/mol. The molecular formula is C17H19ClN2O3S. The fraction of sp³-hybridized carbons (Fsp3) is 0.235. The van der Waals surface area contributed by atoms with Crippen molar-refractivity contribution in [3.8, 4) is 0 Å². The summed E-state index contributed by atoms with van der Waals surface area (Å²) < 4.78 is 27.8. The van der Waals surface area contributed by atoms with E-state index >= 15 is 0 Å². The third-order valence-corrected chi connectivity index (χ3v) is 5.20. The van der Waals surface area contributed by atoms with E-state index in [2.05, 4.69) is 10.0 Å². The molecule has 0 spiro atoms. The number of sulfonamides is 1. The van der Waals surface area contributed by atoms with Gasteiger partial charge in [0, 0.05) is 23.7 Å². The third-order valence-electron chi connectivity index (χ3n) is 3.46. The molecule has 0 saturated heterocycles. The van der Waals surface area contributed by atoms with E-state index in [0.29, 0.717) is 17.1 Å². The molecule has 7 heteroatoms. The molecule has 0 aliphatic carbocycles. The average molecular weight is 367 g/mol. The number of anilines is 1. The fourth-order valence-electron chi connectivity index (χ4n) is 2.26. The second-order valence-corrected chi connectivity index (χ2v) is 7.49. The predicted octanol–water partition coefficient (Wildman–Crippen LogP) is 3.73. The predicted molar refractivity (Wildman–Crippen MR) is 95.6 cm³/mol. The van der Waals surface area contributed by atoms with Crippen molar-refractivity contribution >= 4 is 33.2 Å². The van der Waals surface area contributed by atoms with Gasteiger partial charge in [-0.15, -0.1) is 0 Å². The number of carbonyl (C=O) groups is 1. The van der Waals surface area contributed by atoms with Crippen LogP contribution in [-0.2, 0) is 14.8 Å². The number of halogens is 1. The van der Waals surface area contributed by atoms with Gasteiger partial charge in [-0.2, -0.15) is 0 Å². The van der Waals surface area contributed by atoms with Gasteiger partial charge in [0.15, 0.2) is 0 Å². The lowest BCUT2D eigenvalue weighted by molar-refractivity contribution is -0.114. The van der Waals surface area contributed by atoms with Gasteiger partial charge >= 0.3 is 0 Å². The number of hydrogen-bond donors (Lipinski definition) is 2. The van der Waals surface area contributed by atoms with Crippen LogP contribution >= 0.6 is 11.6 Å². The van der Waals surface area contributed by atoms with Crippen molar-refractivity contribution in [2.45, 2.75) is 31.2 Å². The van der Waals surface area contributed by atoms with E-state index in [9.17, 15) is 13.2 Å². The zero-order chi connectivity index (χ0) is 17.7. The van der Waals surface area contributed by atoms with Crippen molar-refractivity contribution in [3.63, 3.8) is 0 Å². The first-order valence-electron chi connectivity index (χ1n) is 7.47. The molecule has 5 nitrogen and oxygen atoms in total. The highest BCUT2D eigenvalue weighted by Gasteiger charge is 2.20. The molecule has 0 aliphatic rings. The first kappa shape index (κ1) is 18.4. The first-order valence-corrected chi connectivity index (χ1v) is 9.33. The minimum atomic E-state index is -3.67. The van der Waals surface area contributed by atoms with Gasteiger partial charge in [0.2, 0.25) is 15.9 Å². The summed E-state index contributed by atoms with van der Waals surface area (Å²) >= 11 is 5.87. The summed E-state index contributed by atoms with van der Waals surface area (Å²) in [6.07, 6.45) is 0.602. The molecule has 1 amide bonds. The molecule has 128 valence electrons. The number of carbonyl (C=O) groups excluding carboxylic acids is 1. The molecule has 0 bridgehead atoms. The Labute approximate surface area is 147 Å². The summed E-state index contributed by atoms with van der Waals surface area (Å²) in [5.74, 6) is -0.211.